The maximum atomic E-state index is 6.07. The third-order valence-corrected chi connectivity index (χ3v) is 3.94. The summed E-state index contributed by atoms with van der Waals surface area (Å²) in [6, 6.07) is 5.49. The summed E-state index contributed by atoms with van der Waals surface area (Å²) in [5.74, 6) is 1.68. The van der Waals surface area contributed by atoms with Gasteiger partial charge in [0.1, 0.15) is 5.82 Å². The predicted octanol–water partition coefficient (Wildman–Crippen LogP) is 4.90. The van der Waals surface area contributed by atoms with Gasteiger partial charge in [-0.3, -0.25) is 0 Å². The van der Waals surface area contributed by atoms with Crippen LogP contribution in [0.2, 0.25) is 10.0 Å². The number of alkyl halides is 1. The highest BCUT2D eigenvalue weighted by molar-refractivity contribution is 9.08. The standard InChI is InChI=1S/C13H14BrCl2N3/c1-13(2,3)19-11(7-14)17-18-12(19)8-4-5-9(15)10(16)6-8/h4-6H,7H2,1-3H3. The highest BCUT2D eigenvalue weighted by Crippen LogP contribution is 2.31. The zero-order chi connectivity index (χ0) is 14.2. The summed E-state index contributed by atoms with van der Waals surface area (Å²) in [4.78, 5) is 0. The van der Waals surface area contributed by atoms with Crippen LogP contribution >= 0.6 is 39.1 Å². The first-order valence-corrected chi connectivity index (χ1v) is 7.68. The zero-order valence-corrected chi connectivity index (χ0v) is 14.0. The molecular weight excluding hydrogens is 349 g/mol. The maximum absolute atomic E-state index is 6.07. The van der Waals surface area contributed by atoms with Gasteiger partial charge in [0.2, 0.25) is 0 Å². The molecule has 19 heavy (non-hydrogen) atoms. The molecule has 0 spiro atoms. The van der Waals surface area contributed by atoms with Gasteiger partial charge < -0.3 is 4.57 Å². The lowest BCUT2D eigenvalue weighted by Gasteiger charge is -2.24. The second kappa shape index (κ2) is 5.43. The van der Waals surface area contributed by atoms with E-state index in [0.29, 0.717) is 15.4 Å². The van der Waals surface area contributed by atoms with Gasteiger partial charge in [-0.05, 0) is 39.0 Å². The lowest BCUT2D eigenvalue weighted by atomic mass is 10.1. The number of hydrogen-bond donors (Lipinski definition) is 0. The Kier molecular flexibility index (Phi) is 4.23. The molecule has 6 heteroatoms. The lowest BCUT2D eigenvalue weighted by molar-refractivity contribution is 0.391. The molecule has 2 rings (SSSR count). The van der Waals surface area contributed by atoms with Crippen molar-refractivity contribution in [1.82, 2.24) is 14.8 Å². The molecule has 1 aromatic carbocycles. The molecular formula is C13H14BrCl2N3. The van der Waals surface area contributed by atoms with Gasteiger partial charge in [-0.1, -0.05) is 39.1 Å². The second-order valence-electron chi connectivity index (χ2n) is 5.21. The van der Waals surface area contributed by atoms with Crippen LogP contribution in [0.3, 0.4) is 0 Å². The Morgan fingerprint density at radius 3 is 2.37 bits per heavy atom. The quantitative estimate of drug-likeness (QED) is 0.711. The van der Waals surface area contributed by atoms with Gasteiger partial charge in [0.05, 0.1) is 15.4 Å². The van der Waals surface area contributed by atoms with Gasteiger partial charge in [0.25, 0.3) is 0 Å². The first kappa shape index (κ1) is 14.8. The SMILES string of the molecule is CC(C)(C)n1c(CBr)nnc1-c1ccc(Cl)c(Cl)c1. The van der Waals surface area contributed by atoms with Crippen molar-refractivity contribution < 1.29 is 0 Å². The van der Waals surface area contributed by atoms with Crippen LogP contribution < -0.4 is 0 Å². The summed E-state index contributed by atoms with van der Waals surface area (Å²) >= 11 is 15.5. The van der Waals surface area contributed by atoms with Crippen molar-refractivity contribution in [2.24, 2.45) is 0 Å². The Balaban J connectivity index is 2.62. The molecule has 0 aliphatic rings. The molecule has 0 saturated carbocycles. The molecule has 0 aliphatic heterocycles. The Hall–Kier alpha value is -0.580. The molecule has 1 aromatic heterocycles. The van der Waals surface area contributed by atoms with Crippen molar-refractivity contribution in [2.75, 3.05) is 0 Å². The Labute approximate surface area is 131 Å². The first-order chi connectivity index (χ1) is 8.84. The number of halogens is 3. The topological polar surface area (TPSA) is 30.7 Å². The van der Waals surface area contributed by atoms with Crippen molar-refractivity contribution in [3.05, 3.63) is 34.1 Å². The normalized spacial score (nSPS) is 11.9. The monoisotopic (exact) mass is 361 g/mol. The largest absolute Gasteiger partial charge is 0.305 e. The lowest BCUT2D eigenvalue weighted by Crippen LogP contribution is -2.24. The fraction of sp³-hybridized carbons (Fsp3) is 0.385. The Bertz CT molecular complexity index is 602. The average molecular weight is 363 g/mol. The number of nitrogens with zero attached hydrogens (tertiary/aromatic N) is 3. The van der Waals surface area contributed by atoms with Crippen LogP contribution in [0.5, 0.6) is 0 Å². The molecule has 1 heterocycles. The van der Waals surface area contributed by atoms with E-state index in [2.05, 4.69) is 51.5 Å². The van der Waals surface area contributed by atoms with Gasteiger partial charge in [-0.15, -0.1) is 10.2 Å². The maximum Gasteiger partial charge on any atom is 0.164 e. The van der Waals surface area contributed by atoms with Gasteiger partial charge in [0.15, 0.2) is 5.82 Å². The van der Waals surface area contributed by atoms with E-state index in [0.717, 1.165) is 17.2 Å². The van der Waals surface area contributed by atoms with E-state index in [4.69, 9.17) is 23.2 Å². The number of benzene rings is 1. The van der Waals surface area contributed by atoms with Gasteiger partial charge >= 0.3 is 0 Å². The number of hydrogen-bond acceptors (Lipinski definition) is 2. The molecule has 0 N–H and O–H groups in total. The highest BCUT2D eigenvalue weighted by atomic mass is 79.9. The third-order valence-electron chi connectivity index (χ3n) is 2.70. The van der Waals surface area contributed by atoms with Gasteiger partial charge in [-0.25, -0.2) is 0 Å². The van der Waals surface area contributed by atoms with Crippen molar-refractivity contribution in [2.45, 2.75) is 31.6 Å². The molecule has 0 fully saturated rings. The van der Waals surface area contributed by atoms with E-state index in [-0.39, 0.29) is 5.54 Å². The van der Waals surface area contributed by atoms with E-state index in [1.807, 2.05) is 12.1 Å². The van der Waals surface area contributed by atoms with E-state index < -0.39 is 0 Å². The molecule has 102 valence electrons. The molecule has 0 unspecified atom stereocenters. The third kappa shape index (κ3) is 2.96. The van der Waals surface area contributed by atoms with E-state index in [9.17, 15) is 0 Å². The van der Waals surface area contributed by atoms with Crippen molar-refractivity contribution >= 4 is 39.1 Å². The molecule has 0 radical (unpaired) electrons. The fourth-order valence-electron chi connectivity index (χ4n) is 1.93. The van der Waals surface area contributed by atoms with Crippen molar-refractivity contribution in [1.29, 1.82) is 0 Å². The van der Waals surface area contributed by atoms with Crippen LogP contribution in [0, 0.1) is 0 Å². The minimum absolute atomic E-state index is 0.117. The first-order valence-electron chi connectivity index (χ1n) is 5.80. The van der Waals surface area contributed by atoms with Gasteiger partial charge in [0, 0.05) is 11.1 Å². The molecule has 0 atom stereocenters. The van der Waals surface area contributed by atoms with Crippen LogP contribution in [-0.4, -0.2) is 14.8 Å². The summed E-state index contributed by atoms with van der Waals surface area (Å²) in [6.07, 6.45) is 0. The number of rotatable bonds is 2. The van der Waals surface area contributed by atoms with Crippen LogP contribution in [0.4, 0.5) is 0 Å². The smallest absolute Gasteiger partial charge is 0.164 e. The fourth-order valence-corrected chi connectivity index (χ4v) is 2.59. The van der Waals surface area contributed by atoms with Gasteiger partial charge in [-0.2, -0.15) is 0 Å². The summed E-state index contributed by atoms with van der Waals surface area (Å²) < 4.78 is 2.10. The van der Waals surface area contributed by atoms with Crippen LogP contribution in [0.1, 0.15) is 26.6 Å². The molecule has 2 aromatic rings. The summed E-state index contributed by atoms with van der Waals surface area (Å²) in [6.45, 7) is 6.34. The highest BCUT2D eigenvalue weighted by Gasteiger charge is 2.23. The van der Waals surface area contributed by atoms with E-state index in [1.165, 1.54) is 0 Å². The summed E-state index contributed by atoms with van der Waals surface area (Å²) in [7, 11) is 0. The van der Waals surface area contributed by atoms with E-state index in [1.54, 1.807) is 6.07 Å². The average Bonchev–Trinajstić information content (AvgIpc) is 2.76. The van der Waals surface area contributed by atoms with Crippen LogP contribution in [0.25, 0.3) is 11.4 Å². The van der Waals surface area contributed by atoms with Crippen molar-refractivity contribution in [3.63, 3.8) is 0 Å². The molecule has 3 nitrogen and oxygen atoms in total. The Morgan fingerprint density at radius 1 is 1.16 bits per heavy atom. The minimum Gasteiger partial charge on any atom is -0.305 e. The van der Waals surface area contributed by atoms with E-state index >= 15 is 0 Å². The van der Waals surface area contributed by atoms with Crippen LogP contribution in [0.15, 0.2) is 18.2 Å². The minimum atomic E-state index is -0.117. The van der Waals surface area contributed by atoms with Crippen LogP contribution in [-0.2, 0) is 10.9 Å². The molecule has 0 amide bonds. The number of aromatic nitrogens is 3. The molecule has 0 saturated heterocycles. The molecule has 0 aliphatic carbocycles. The zero-order valence-electron chi connectivity index (χ0n) is 10.9. The second-order valence-corrected chi connectivity index (χ2v) is 6.58. The summed E-state index contributed by atoms with van der Waals surface area (Å²) in [5.41, 5.74) is 0.789. The Morgan fingerprint density at radius 2 is 1.84 bits per heavy atom. The predicted molar refractivity (Wildman–Crippen MR) is 83.1 cm³/mol. The van der Waals surface area contributed by atoms with Crippen molar-refractivity contribution in [3.8, 4) is 11.4 Å². The summed E-state index contributed by atoms with van der Waals surface area (Å²) in [5, 5.41) is 10.2. The molecule has 0 bridgehead atoms.